The second-order valence-corrected chi connectivity index (χ2v) is 10.9. The molecule has 1 spiro atoms. The molecule has 6 heteroatoms. The molecule has 2 aliphatic heterocycles. The van der Waals surface area contributed by atoms with Crippen LogP contribution in [0.2, 0.25) is 0 Å². The van der Waals surface area contributed by atoms with Crippen LogP contribution in [0.25, 0.3) is 11.3 Å². The SMILES string of the molecule is Cc1cccc(-c2nc(N3CCC4(CNC4)C3)nc3c2CCC(c2scnc2C)C3)c1C. The van der Waals surface area contributed by atoms with Crippen LogP contribution < -0.4 is 10.2 Å². The summed E-state index contributed by atoms with van der Waals surface area (Å²) in [5.41, 5.74) is 11.3. The van der Waals surface area contributed by atoms with E-state index in [9.17, 15) is 0 Å². The lowest BCUT2D eigenvalue weighted by atomic mass is 9.81. The fourth-order valence-electron chi connectivity index (χ4n) is 5.77. The summed E-state index contributed by atoms with van der Waals surface area (Å²) in [6.07, 6.45) is 4.41. The van der Waals surface area contributed by atoms with E-state index in [-0.39, 0.29) is 0 Å². The maximum absolute atomic E-state index is 5.25. The Kier molecular flexibility index (Phi) is 4.84. The van der Waals surface area contributed by atoms with E-state index in [0.29, 0.717) is 11.3 Å². The minimum absolute atomic E-state index is 0.432. The van der Waals surface area contributed by atoms with E-state index in [1.165, 1.54) is 50.6 Å². The topological polar surface area (TPSA) is 53.9 Å². The molecule has 1 aliphatic carbocycles. The summed E-state index contributed by atoms with van der Waals surface area (Å²) < 4.78 is 0. The average molecular weight is 446 g/mol. The Morgan fingerprint density at radius 3 is 2.75 bits per heavy atom. The first-order chi connectivity index (χ1) is 15.5. The van der Waals surface area contributed by atoms with E-state index in [1.54, 1.807) is 11.3 Å². The molecule has 2 aromatic heterocycles. The normalized spacial score (nSPS) is 21.6. The van der Waals surface area contributed by atoms with Crippen molar-refractivity contribution in [2.75, 3.05) is 31.1 Å². The van der Waals surface area contributed by atoms with Gasteiger partial charge in [0.05, 0.1) is 22.6 Å². The van der Waals surface area contributed by atoms with Crippen LogP contribution in [0.15, 0.2) is 23.7 Å². The Morgan fingerprint density at radius 2 is 2.03 bits per heavy atom. The summed E-state index contributed by atoms with van der Waals surface area (Å²) in [5.74, 6) is 1.45. The number of nitrogens with one attached hydrogen (secondary N) is 1. The van der Waals surface area contributed by atoms with Crippen molar-refractivity contribution in [2.24, 2.45) is 5.41 Å². The molecule has 1 N–H and O–H groups in total. The third-order valence-electron chi connectivity index (χ3n) is 8.00. The van der Waals surface area contributed by atoms with Gasteiger partial charge in [-0.3, -0.25) is 0 Å². The number of fused-ring (bicyclic) bond motifs is 1. The molecule has 1 unspecified atom stereocenters. The molecule has 3 aliphatic rings. The molecule has 2 fully saturated rings. The maximum Gasteiger partial charge on any atom is 0.226 e. The minimum atomic E-state index is 0.432. The number of aromatic nitrogens is 3. The summed E-state index contributed by atoms with van der Waals surface area (Å²) in [7, 11) is 0. The molecule has 0 bridgehead atoms. The Hall–Kier alpha value is -2.31. The first kappa shape index (κ1) is 20.3. The van der Waals surface area contributed by atoms with Gasteiger partial charge in [-0.15, -0.1) is 11.3 Å². The zero-order chi connectivity index (χ0) is 21.9. The average Bonchev–Trinajstić information content (AvgIpc) is 3.41. The predicted molar refractivity (Wildman–Crippen MR) is 131 cm³/mol. The summed E-state index contributed by atoms with van der Waals surface area (Å²) in [6, 6.07) is 6.61. The predicted octanol–water partition coefficient (Wildman–Crippen LogP) is 4.60. The number of benzene rings is 1. The van der Waals surface area contributed by atoms with Gasteiger partial charge in [-0.1, -0.05) is 18.2 Å². The Bertz CT molecular complexity index is 1180. The number of thiazole rings is 1. The van der Waals surface area contributed by atoms with Crippen molar-refractivity contribution < 1.29 is 0 Å². The fourth-order valence-corrected chi connectivity index (χ4v) is 6.72. The van der Waals surface area contributed by atoms with Gasteiger partial charge in [-0.05, 0) is 57.6 Å². The molecule has 32 heavy (non-hydrogen) atoms. The first-order valence-corrected chi connectivity index (χ1v) is 12.7. The number of nitrogens with zero attached hydrogens (tertiary/aromatic N) is 4. The molecule has 5 nitrogen and oxygen atoms in total. The van der Waals surface area contributed by atoms with E-state index in [1.807, 2.05) is 5.51 Å². The van der Waals surface area contributed by atoms with Crippen molar-refractivity contribution in [2.45, 2.75) is 52.4 Å². The lowest BCUT2D eigenvalue weighted by molar-refractivity contribution is 0.199. The summed E-state index contributed by atoms with van der Waals surface area (Å²) >= 11 is 1.80. The van der Waals surface area contributed by atoms with Crippen LogP contribution in [0.4, 0.5) is 5.95 Å². The van der Waals surface area contributed by atoms with Crippen LogP contribution in [0.3, 0.4) is 0 Å². The molecule has 0 radical (unpaired) electrons. The molecular weight excluding hydrogens is 414 g/mol. The van der Waals surface area contributed by atoms with Gasteiger partial charge in [-0.25, -0.2) is 15.0 Å². The largest absolute Gasteiger partial charge is 0.340 e. The van der Waals surface area contributed by atoms with Crippen molar-refractivity contribution in [3.63, 3.8) is 0 Å². The van der Waals surface area contributed by atoms with Crippen LogP contribution in [0, 0.1) is 26.2 Å². The minimum Gasteiger partial charge on any atom is -0.340 e. The number of anilines is 1. The van der Waals surface area contributed by atoms with Crippen molar-refractivity contribution in [3.8, 4) is 11.3 Å². The van der Waals surface area contributed by atoms with Gasteiger partial charge in [0.1, 0.15) is 0 Å². The Balaban J connectivity index is 1.44. The summed E-state index contributed by atoms with van der Waals surface area (Å²) in [5, 5.41) is 3.47. The van der Waals surface area contributed by atoms with Gasteiger partial charge in [0.2, 0.25) is 5.95 Å². The third-order valence-corrected chi connectivity index (χ3v) is 9.09. The highest BCUT2D eigenvalue weighted by atomic mass is 32.1. The van der Waals surface area contributed by atoms with Gasteiger partial charge in [0, 0.05) is 53.5 Å². The second-order valence-electron chi connectivity index (χ2n) is 10.1. The van der Waals surface area contributed by atoms with Gasteiger partial charge >= 0.3 is 0 Å². The molecule has 0 amide bonds. The van der Waals surface area contributed by atoms with Crippen LogP contribution in [0.5, 0.6) is 0 Å². The second kappa shape index (κ2) is 7.63. The zero-order valence-electron chi connectivity index (χ0n) is 19.2. The molecule has 1 atom stereocenters. The van der Waals surface area contributed by atoms with Crippen molar-refractivity contribution in [3.05, 3.63) is 56.7 Å². The van der Waals surface area contributed by atoms with Crippen LogP contribution in [0.1, 0.15) is 51.7 Å². The summed E-state index contributed by atoms with van der Waals surface area (Å²) in [6.45, 7) is 11.0. The van der Waals surface area contributed by atoms with Gasteiger partial charge in [0.15, 0.2) is 0 Å². The van der Waals surface area contributed by atoms with Crippen LogP contribution >= 0.6 is 11.3 Å². The quantitative estimate of drug-likeness (QED) is 0.639. The molecule has 6 rings (SSSR count). The number of hydrogen-bond donors (Lipinski definition) is 1. The van der Waals surface area contributed by atoms with Gasteiger partial charge < -0.3 is 10.2 Å². The standard InChI is InChI=1S/C26H31N5S/c1-16-5-4-6-20(17(16)2)23-21-8-7-19(24-18(3)28-15-32-24)11-22(21)29-25(30-23)31-10-9-26(14-31)12-27-13-26/h4-6,15,19,27H,7-14H2,1-3H3. The Labute approximate surface area is 194 Å². The number of hydrogen-bond acceptors (Lipinski definition) is 6. The van der Waals surface area contributed by atoms with Gasteiger partial charge in [0.25, 0.3) is 0 Å². The van der Waals surface area contributed by atoms with Crippen molar-refractivity contribution in [1.29, 1.82) is 0 Å². The summed E-state index contributed by atoms with van der Waals surface area (Å²) in [4.78, 5) is 18.9. The lowest BCUT2D eigenvalue weighted by Crippen LogP contribution is -2.54. The van der Waals surface area contributed by atoms with E-state index >= 15 is 0 Å². The molecular formula is C26H31N5S. The van der Waals surface area contributed by atoms with Crippen LogP contribution in [-0.2, 0) is 12.8 Å². The van der Waals surface area contributed by atoms with Crippen LogP contribution in [-0.4, -0.2) is 41.1 Å². The van der Waals surface area contributed by atoms with E-state index in [0.717, 1.165) is 51.4 Å². The highest BCUT2D eigenvalue weighted by Crippen LogP contribution is 2.41. The highest BCUT2D eigenvalue weighted by molar-refractivity contribution is 7.09. The zero-order valence-corrected chi connectivity index (χ0v) is 20.1. The third kappa shape index (κ3) is 3.27. The molecule has 2 saturated heterocycles. The number of aryl methyl sites for hydroxylation is 2. The van der Waals surface area contributed by atoms with Gasteiger partial charge in [-0.2, -0.15) is 0 Å². The van der Waals surface area contributed by atoms with E-state index in [4.69, 9.17) is 9.97 Å². The smallest absolute Gasteiger partial charge is 0.226 e. The van der Waals surface area contributed by atoms with E-state index in [2.05, 4.69) is 54.2 Å². The van der Waals surface area contributed by atoms with Crippen molar-refractivity contribution >= 4 is 17.3 Å². The lowest BCUT2D eigenvalue weighted by Gasteiger charge is -2.39. The number of rotatable bonds is 3. The fraction of sp³-hybridized carbons (Fsp3) is 0.500. The molecule has 166 valence electrons. The molecule has 4 heterocycles. The van der Waals surface area contributed by atoms with Crippen molar-refractivity contribution in [1.82, 2.24) is 20.3 Å². The molecule has 1 aromatic carbocycles. The first-order valence-electron chi connectivity index (χ1n) is 11.8. The molecule has 3 aromatic rings. The highest BCUT2D eigenvalue weighted by Gasteiger charge is 2.44. The molecule has 0 saturated carbocycles. The monoisotopic (exact) mass is 445 g/mol. The maximum atomic E-state index is 5.25. The Morgan fingerprint density at radius 1 is 1.16 bits per heavy atom. The van der Waals surface area contributed by atoms with E-state index < -0.39 is 0 Å².